The second-order valence-corrected chi connectivity index (χ2v) is 5.94. The average Bonchev–Trinajstić information content (AvgIpc) is 3.14. The van der Waals surface area contributed by atoms with Gasteiger partial charge in [-0.2, -0.15) is 0 Å². The molecule has 2 aromatic heterocycles. The summed E-state index contributed by atoms with van der Waals surface area (Å²) in [6.07, 6.45) is 6.39. The Labute approximate surface area is 138 Å². The van der Waals surface area contributed by atoms with Gasteiger partial charge in [0.2, 0.25) is 0 Å². The fourth-order valence-corrected chi connectivity index (χ4v) is 3.01. The van der Waals surface area contributed by atoms with Gasteiger partial charge in [-0.25, -0.2) is 9.78 Å². The molecular weight excluding hydrogens is 320 g/mol. The van der Waals surface area contributed by atoms with Crippen LogP contribution in [0.25, 0.3) is 0 Å². The molecule has 0 saturated carbocycles. The van der Waals surface area contributed by atoms with Gasteiger partial charge in [0.15, 0.2) is 5.11 Å². The number of carbonyl (C=O) groups excluding carboxylic acids is 1. The van der Waals surface area contributed by atoms with Crippen LogP contribution in [-0.4, -0.2) is 34.3 Å². The maximum absolute atomic E-state index is 11.7. The highest BCUT2D eigenvalue weighted by molar-refractivity contribution is 7.80. The molecule has 0 spiro atoms. The van der Waals surface area contributed by atoms with E-state index in [-0.39, 0.29) is 5.97 Å². The van der Waals surface area contributed by atoms with Gasteiger partial charge in [-0.3, -0.25) is 0 Å². The van der Waals surface area contributed by atoms with Crippen molar-refractivity contribution in [3.05, 3.63) is 34.5 Å². The van der Waals surface area contributed by atoms with E-state index in [9.17, 15) is 4.79 Å². The molecule has 0 aliphatic rings. The lowest BCUT2D eigenvalue weighted by molar-refractivity contribution is 0.0607. The minimum Gasteiger partial charge on any atom is -0.465 e. The molecule has 0 bridgehead atoms. The zero-order valence-electron chi connectivity index (χ0n) is 12.5. The molecule has 0 atom stereocenters. The third-order valence-electron chi connectivity index (χ3n) is 3.02. The lowest BCUT2D eigenvalue weighted by Crippen LogP contribution is -2.30. The molecule has 8 heteroatoms. The predicted octanol–water partition coefficient (Wildman–Crippen LogP) is 2.42. The number of methoxy groups -OCH3 is 1. The molecule has 2 N–H and O–H groups in total. The van der Waals surface area contributed by atoms with E-state index in [2.05, 4.69) is 15.6 Å². The fourth-order valence-electron chi connectivity index (χ4n) is 1.88. The largest absolute Gasteiger partial charge is 0.465 e. The molecule has 0 aromatic carbocycles. The van der Waals surface area contributed by atoms with E-state index in [1.165, 1.54) is 18.4 Å². The van der Waals surface area contributed by atoms with Crippen molar-refractivity contribution in [2.24, 2.45) is 0 Å². The average molecular weight is 338 g/mol. The highest BCUT2D eigenvalue weighted by Gasteiger charge is 2.17. The molecule has 0 radical (unpaired) electrons. The van der Waals surface area contributed by atoms with E-state index in [1.807, 2.05) is 23.1 Å². The van der Waals surface area contributed by atoms with Crippen molar-refractivity contribution in [1.29, 1.82) is 0 Å². The number of rotatable bonds is 6. The number of nitrogens with one attached hydrogen (secondary N) is 2. The second kappa shape index (κ2) is 7.90. The summed E-state index contributed by atoms with van der Waals surface area (Å²) in [7, 11) is 1.37. The third-order valence-corrected chi connectivity index (χ3v) is 4.35. The Morgan fingerprint density at radius 2 is 2.36 bits per heavy atom. The number of anilines is 1. The topological polar surface area (TPSA) is 68.2 Å². The van der Waals surface area contributed by atoms with Crippen LogP contribution in [0.2, 0.25) is 0 Å². The number of aryl methyl sites for hydroxylation is 2. The smallest absolute Gasteiger partial charge is 0.350 e. The summed E-state index contributed by atoms with van der Waals surface area (Å²) in [4.78, 5) is 16.2. The lowest BCUT2D eigenvalue weighted by atomic mass is 10.2. The number of aromatic nitrogens is 2. The molecule has 0 aliphatic heterocycles. The minimum atomic E-state index is -0.358. The SMILES string of the molecule is COC(=O)c1scc(C)c1NC(=S)NCCCn1ccnc1. The van der Waals surface area contributed by atoms with E-state index >= 15 is 0 Å². The number of ether oxygens (including phenoxy) is 1. The summed E-state index contributed by atoms with van der Waals surface area (Å²) in [6.45, 7) is 3.54. The molecule has 22 heavy (non-hydrogen) atoms. The Kier molecular flexibility index (Phi) is 5.91. The molecule has 2 rings (SSSR count). The summed E-state index contributed by atoms with van der Waals surface area (Å²) >= 11 is 6.61. The number of carbonyl (C=O) groups is 1. The van der Waals surface area contributed by atoms with Gasteiger partial charge in [-0.15, -0.1) is 11.3 Å². The van der Waals surface area contributed by atoms with Crippen LogP contribution in [0.3, 0.4) is 0 Å². The molecule has 2 aromatic rings. The van der Waals surface area contributed by atoms with Crippen molar-refractivity contribution < 1.29 is 9.53 Å². The van der Waals surface area contributed by atoms with Gasteiger partial charge >= 0.3 is 5.97 Å². The monoisotopic (exact) mass is 338 g/mol. The third kappa shape index (κ3) is 4.28. The van der Waals surface area contributed by atoms with Gasteiger partial charge in [-0.1, -0.05) is 0 Å². The first kappa shape index (κ1) is 16.4. The van der Waals surface area contributed by atoms with Gasteiger partial charge in [0, 0.05) is 25.5 Å². The van der Waals surface area contributed by atoms with Crippen LogP contribution in [0.1, 0.15) is 21.7 Å². The Morgan fingerprint density at radius 1 is 1.55 bits per heavy atom. The van der Waals surface area contributed by atoms with Crippen molar-refractivity contribution in [2.45, 2.75) is 19.9 Å². The number of thiocarbonyl (C=S) groups is 1. The van der Waals surface area contributed by atoms with Gasteiger partial charge in [-0.05, 0) is 36.5 Å². The van der Waals surface area contributed by atoms with Crippen LogP contribution in [0.15, 0.2) is 24.1 Å². The van der Waals surface area contributed by atoms with E-state index in [1.54, 1.807) is 12.5 Å². The number of esters is 1. The Hall–Kier alpha value is -1.93. The quantitative estimate of drug-likeness (QED) is 0.479. The van der Waals surface area contributed by atoms with Crippen LogP contribution in [0, 0.1) is 6.92 Å². The number of hydrogen-bond acceptors (Lipinski definition) is 5. The van der Waals surface area contributed by atoms with Crippen molar-refractivity contribution in [3.63, 3.8) is 0 Å². The summed E-state index contributed by atoms with van der Waals surface area (Å²) in [5.41, 5.74) is 1.68. The maximum Gasteiger partial charge on any atom is 0.350 e. The predicted molar refractivity (Wildman–Crippen MR) is 91.5 cm³/mol. The van der Waals surface area contributed by atoms with Crippen LogP contribution in [-0.2, 0) is 11.3 Å². The van der Waals surface area contributed by atoms with Crippen LogP contribution < -0.4 is 10.6 Å². The highest BCUT2D eigenvalue weighted by atomic mass is 32.1. The standard InChI is InChI=1S/C14H18N4O2S2/c1-10-8-22-12(13(19)20-2)11(10)17-14(21)16-4-3-6-18-7-5-15-9-18/h5,7-9H,3-4,6H2,1-2H3,(H2,16,17,21). The first-order chi connectivity index (χ1) is 10.6. The minimum absolute atomic E-state index is 0.358. The van der Waals surface area contributed by atoms with E-state index in [4.69, 9.17) is 17.0 Å². The number of imidazole rings is 1. The number of thiophene rings is 1. The van der Waals surface area contributed by atoms with Gasteiger partial charge in [0.25, 0.3) is 0 Å². The Bertz CT molecular complexity index is 637. The Morgan fingerprint density at radius 3 is 3.05 bits per heavy atom. The van der Waals surface area contributed by atoms with Gasteiger partial charge in [0.05, 0.1) is 19.1 Å². The lowest BCUT2D eigenvalue weighted by Gasteiger charge is -2.12. The van der Waals surface area contributed by atoms with E-state index < -0.39 is 0 Å². The van der Waals surface area contributed by atoms with Crippen molar-refractivity contribution >= 4 is 40.3 Å². The molecule has 0 saturated heterocycles. The molecule has 0 aliphatic carbocycles. The normalized spacial score (nSPS) is 10.3. The van der Waals surface area contributed by atoms with Gasteiger partial charge < -0.3 is 19.9 Å². The Balaban J connectivity index is 1.82. The highest BCUT2D eigenvalue weighted by Crippen LogP contribution is 2.28. The zero-order valence-corrected chi connectivity index (χ0v) is 14.1. The molecule has 0 amide bonds. The maximum atomic E-state index is 11.7. The molecule has 0 fully saturated rings. The molecule has 118 valence electrons. The van der Waals surface area contributed by atoms with E-state index in [0.717, 1.165) is 25.1 Å². The summed E-state index contributed by atoms with van der Waals surface area (Å²) in [6, 6.07) is 0. The first-order valence-corrected chi connectivity index (χ1v) is 8.07. The summed E-state index contributed by atoms with van der Waals surface area (Å²) in [5.74, 6) is -0.358. The fraction of sp³-hybridized carbons (Fsp3) is 0.357. The first-order valence-electron chi connectivity index (χ1n) is 6.79. The second-order valence-electron chi connectivity index (χ2n) is 4.65. The summed E-state index contributed by atoms with van der Waals surface area (Å²) < 4.78 is 6.78. The molecule has 6 nitrogen and oxygen atoms in total. The molecule has 2 heterocycles. The number of nitrogens with zero attached hydrogens (tertiary/aromatic N) is 2. The molecule has 0 unspecified atom stereocenters. The molecular formula is C14H18N4O2S2. The van der Waals surface area contributed by atoms with Crippen molar-refractivity contribution in [2.75, 3.05) is 19.0 Å². The zero-order chi connectivity index (χ0) is 15.9. The van der Waals surface area contributed by atoms with Crippen molar-refractivity contribution in [3.8, 4) is 0 Å². The van der Waals surface area contributed by atoms with Crippen LogP contribution >= 0.6 is 23.6 Å². The summed E-state index contributed by atoms with van der Waals surface area (Å²) in [5, 5.41) is 8.61. The van der Waals surface area contributed by atoms with Crippen molar-refractivity contribution in [1.82, 2.24) is 14.9 Å². The van der Waals surface area contributed by atoms with Gasteiger partial charge in [0.1, 0.15) is 4.88 Å². The number of hydrogen-bond donors (Lipinski definition) is 2. The van der Waals surface area contributed by atoms with E-state index in [0.29, 0.717) is 15.7 Å². The van der Waals surface area contributed by atoms with Crippen LogP contribution in [0.4, 0.5) is 5.69 Å². The van der Waals surface area contributed by atoms with Crippen LogP contribution in [0.5, 0.6) is 0 Å².